The van der Waals surface area contributed by atoms with E-state index >= 15 is 0 Å². The van der Waals surface area contributed by atoms with Crippen molar-refractivity contribution in [2.24, 2.45) is 0 Å². The van der Waals surface area contributed by atoms with Gasteiger partial charge in [-0.3, -0.25) is 29.2 Å². The quantitative estimate of drug-likeness (QED) is 0.325. The lowest BCUT2D eigenvalue weighted by atomic mass is 10.2. The number of carbonyl (C=O) groups excluding carboxylic acids is 1. The summed E-state index contributed by atoms with van der Waals surface area (Å²) in [5, 5.41) is 13.4. The van der Waals surface area contributed by atoms with Crippen molar-refractivity contribution < 1.29 is 14.5 Å². The number of nitrogens with zero attached hydrogens (tertiary/aromatic N) is 5. The minimum atomic E-state index is -0.536. The number of para-hydroxylation sites is 2. The summed E-state index contributed by atoms with van der Waals surface area (Å²) in [6, 6.07) is 11.1. The molecule has 0 radical (unpaired) electrons. The number of aromatic nitrogens is 3. The van der Waals surface area contributed by atoms with Gasteiger partial charge in [-0.05, 0) is 18.2 Å². The zero-order valence-electron chi connectivity index (χ0n) is 17.1. The molecule has 2 aromatic carbocycles. The van der Waals surface area contributed by atoms with E-state index in [0.29, 0.717) is 22.3 Å². The molecule has 0 saturated heterocycles. The predicted molar refractivity (Wildman–Crippen MR) is 120 cm³/mol. The maximum absolute atomic E-state index is 12.8. The topological polar surface area (TPSA) is 120 Å². The number of hydrogen-bond donors (Lipinski definition) is 0. The van der Waals surface area contributed by atoms with Crippen molar-refractivity contribution in [3.63, 3.8) is 0 Å². The summed E-state index contributed by atoms with van der Waals surface area (Å²) in [6.45, 7) is 1.57. The van der Waals surface area contributed by atoms with Crippen LogP contribution >= 0.6 is 11.3 Å². The van der Waals surface area contributed by atoms with E-state index in [0.717, 1.165) is 0 Å². The number of non-ortho nitro benzene ring substituents is 1. The second-order valence-electron chi connectivity index (χ2n) is 6.78. The number of fused-ring (bicyclic) bond motifs is 1. The van der Waals surface area contributed by atoms with Crippen molar-refractivity contribution in [3.8, 4) is 5.75 Å². The molecule has 4 aromatic rings. The van der Waals surface area contributed by atoms with Gasteiger partial charge in [0, 0.05) is 24.4 Å². The molecule has 0 aliphatic heterocycles. The van der Waals surface area contributed by atoms with Crippen molar-refractivity contribution in [2.75, 3.05) is 12.0 Å². The molecular weight excluding hydrogens is 434 g/mol. The standard InChI is InChI=1S/C21H17N5O5S/c1-13(27)25(18-5-3-4-6-19(18)31-2)21-23-14(11-32-21)10-24-12-22-17-9-15(26(29)30)7-8-16(17)20(24)28/h3-9,11-12H,10H2,1-2H3. The molecule has 0 atom stereocenters. The zero-order chi connectivity index (χ0) is 22.8. The second-order valence-corrected chi connectivity index (χ2v) is 7.62. The smallest absolute Gasteiger partial charge is 0.271 e. The van der Waals surface area contributed by atoms with Crippen LogP contribution in [-0.2, 0) is 11.3 Å². The highest BCUT2D eigenvalue weighted by Crippen LogP contribution is 2.35. The number of ether oxygens (including phenoxy) is 1. The van der Waals surface area contributed by atoms with Gasteiger partial charge in [-0.2, -0.15) is 0 Å². The Bertz CT molecular complexity index is 1400. The van der Waals surface area contributed by atoms with Gasteiger partial charge >= 0.3 is 0 Å². The van der Waals surface area contributed by atoms with E-state index < -0.39 is 4.92 Å². The van der Waals surface area contributed by atoms with E-state index in [2.05, 4.69) is 9.97 Å². The molecule has 0 unspecified atom stereocenters. The van der Waals surface area contributed by atoms with Crippen LogP contribution in [0.2, 0.25) is 0 Å². The third kappa shape index (κ3) is 3.93. The zero-order valence-corrected chi connectivity index (χ0v) is 17.9. The normalized spacial score (nSPS) is 10.8. The number of nitro benzene ring substituents is 1. The van der Waals surface area contributed by atoms with E-state index in [4.69, 9.17) is 4.74 Å². The molecule has 10 nitrogen and oxygen atoms in total. The maximum Gasteiger partial charge on any atom is 0.271 e. The fraction of sp³-hybridized carbons (Fsp3) is 0.143. The first kappa shape index (κ1) is 21.1. The minimum absolute atomic E-state index is 0.132. The molecule has 0 fully saturated rings. The monoisotopic (exact) mass is 451 g/mol. The molecule has 2 heterocycles. The first-order valence-electron chi connectivity index (χ1n) is 9.40. The summed E-state index contributed by atoms with van der Waals surface area (Å²) in [4.78, 5) is 45.8. The number of nitro groups is 1. The molecule has 0 spiro atoms. The maximum atomic E-state index is 12.8. The molecule has 11 heteroatoms. The van der Waals surface area contributed by atoms with Crippen molar-refractivity contribution in [3.05, 3.63) is 80.3 Å². The third-order valence-electron chi connectivity index (χ3n) is 4.72. The fourth-order valence-corrected chi connectivity index (χ4v) is 4.11. The SMILES string of the molecule is COc1ccccc1N(C(C)=O)c1nc(Cn2cnc3cc([N+](=O)[O-])ccc3c2=O)cs1. The van der Waals surface area contributed by atoms with Crippen molar-refractivity contribution in [1.82, 2.24) is 14.5 Å². The van der Waals surface area contributed by atoms with E-state index in [1.165, 1.54) is 59.4 Å². The molecule has 4 rings (SSSR count). The van der Waals surface area contributed by atoms with E-state index in [9.17, 15) is 19.7 Å². The van der Waals surface area contributed by atoms with Crippen molar-refractivity contribution in [2.45, 2.75) is 13.5 Å². The summed E-state index contributed by atoms with van der Waals surface area (Å²) in [7, 11) is 1.53. The number of amides is 1. The predicted octanol–water partition coefficient (Wildman–Crippen LogP) is 3.50. The summed E-state index contributed by atoms with van der Waals surface area (Å²) < 4.78 is 6.74. The Balaban J connectivity index is 1.66. The largest absolute Gasteiger partial charge is 0.495 e. The number of rotatable bonds is 6. The number of hydrogen-bond acceptors (Lipinski definition) is 8. The van der Waals surface area contributed by atoms with Gasteiger partial charge in [-0.25, -0.2) is 9.97 Å². The van der Waals surface area contributed by atoms with Gasteiger partial charge in [-0.15, -0.1) is 11.3 Å². The lowest BCUT2D eigenvalue weighted by Crippen LogP contribution is -2.24. The molecule has 0 N–H and O–H groups in total. The van der Waals surface area contributed by atoms with Gasteiger partial charge in [0.2, 0.25) is 5.91 Å². The molecule has 2 aromatic heterocycles. The van der Waals surface area contributed by atoms with Crippen LogP contribution in [0.1, 0.15) is 12.6 Å². The summed E-state index contributed by atoms with van der Waals surface area (Å²) in [5.41, 5.74) is 0.906. The highest BCUT2D eigenvalue weighted by Gasteiger charge is 2.21. The Morgan fingerprint density at radius 3 is 2.78 bits per heavy atom. The lowest BCUT2D eigenvalue weighted by molar-refractivity contribution is -0.384. The molecular formula is C21H17N5O5S. The summed E-state index contributed by atoms with van der Waals surface area (Å²) in [5.74, 6) is 0.296. The lowest BCUT2D eigenvalue weighted by Gasteiger charge is -2.20. The van der Waals surface area contributed by atoms with Crippen LogP contribution in [-0.4, -0.2) is 32.5 Å². The van der Waals surface area contributed by atoms with Crippen LogP contribution in [0.3, 0.4) is 0 Å². The molecule has 1 amide bonds. The Morgan fingerprint density at radius 1 is 1.28 bits per heavy atom. The number of methoxy groups -OCH3 is 1. The number of anilines is 2. The first-order chi connectivity index (χ1) is 15.4. The second kappa shape index (κ2) is 8.55. The summed E-state index contributed by atoms with van der Waals surface area (Å²) in [6.07, 6.45) is 1.33. The number of thiazole rings is 1. The van der Waals surface area contributed by atoms with Crippen LogP contribution in [0.25, 0.3) is 10.9 Å². The molecule has 32 heavy (non-hydrogen) atoms. The Hall–Kier alpha value is -4.12. The molecule has 0 saturated carbocycles. The fourth-order valence-electron chi connectivity index (χ4n) is 3.24. The van der Waals surface area contributed by atoms with Crippen LogP contribution in [0.15, 0.2) is 59.0 Å². The van der Waals surface area contributed by atoms with Gasteiger partial charge in [-0.1, -0.05) is 12.1 Å². The van der Waals surface area contributed by atoms with Crippen molar-refractivity contribution >= 4 is 44.7 Å². The van der Waals surface area contributed by atoms with Crippen LogP contribution < -0.4 is 15.2 Å². The minimum Gasteiger partial charge on any atom is -0.495 e. The first-order valence-corrected chi connectivity index (χ1v) is 10.3. The van der Waals surface area contributed by atoms with Gasteiger partial charge in [0.05, 0.1) is 47.2 Å². The average Bonchev–Trinajstić information content (AvgIpc) is 3.23. The number of carbonyl (C=O) groups is 1. The molecule has 0 bridgehead atoms. The van der Waals surface area contributed by atoms with Gasteiger partial charge in [0.15, 0.2) is 5.13 Å². The molecule has 162 valence electrons. The van der Waals surface area contributed by atoms with Crippen LogP contribution in [0.4, 0.5) is 16.5 Å². The highest BCUT2D eigenvalue weighted by molar-refractivity contribution is 7.14. The average molecular weight is 451 g/mol. The molecule has 0 aliphatic carbocycles. The Labute approximate surface area is 185 Å². The van der Waals surface area contributed by atoms with E-state index in [-0.39, 0.29) is 34.6 Å². The van der Waals surface area contributed by atoms with E-state index in [1.54, 1.807) is 23.6 Å². The third-order valence-corrected chi connectivity index (χ3v) is 5.60. The van der Waals surface area contributed by atoms with Gasteiger partial charge < -0.3 is 4.74 Å². The van der Waals surface area contributed by atoms with Crippen LogP contribution in [0.5, 0.6) is 5.75 Å². The molecule has 0 aliphatic rings. The Morgan fingerprint density at radius 2 is 2.06 bits per heavy atom. The van der Waals surface area contributed by atoms with Crippen LogP contribution in [0, 0.1) is 10.1 Å². The van der Waals surface area contributed by atoms with E-state index in [1.807, 2.05) is 6.07 Å². The van der Waals surface area contributed by atoms with Gasteiger partial charge in [0.25, 0.3) is 11.2 Å². The Kier molecular flexibility index (Phi) is 5.65. The number of benzene rings is 2. The highest BCUT2D eigenvalue weighted by atomic mass is 32.1. The summed E-state index contributed by atoms with van der Waals surface area (Å²) >= 11 is 1.26. The van der Waals surface area contributed by atoms with Crippen molar-refractivity contribution in [1.29, 1.82) is 0 Å². The van der Waals surface area contributed by atoms with Gasteiger partial charge in [0.1, 0.15) is 5.75 Å².